The van der Waals surface area contributed by atoms with Gasteiger partial charge in [0.05, 0.1) is 6.54 Å². The molecule has 0 heterocycles. The zero-order valence-corrected chi connectivity index (χ0v) is 22.4. The van der Waals surface area contributed by atoms with Gasteiger partial charge in [0.1, 0.15) is 0 Å². The fraction of sp³-hybridized carbons (Fsp3) is 1.00. The molecule has 0 rings (SSSR count). The lowest BCUT2D eigenvalue weighted by atomic mass is 10.1. The number of nitrogens with zero attached hydrogens (tertiary/aromatic N) is 2. The fourth-order valence-corrected chi connectivity index (χ4v) is 4.69. The van der Waals surface area contributed by atoms with Crippen LogP contribution in [0.1, 0.15) is 162 Å². The highest BCUT2D eigenvalue weighted by molar-refractivity contribution is 4.61. The number of unbranched alkanes of at least 4 members (excludes halogenated alkanes) is 20. The summed E-state index contributed by atoms with van der Waals surface area (Å²) in [6, 6.07) is 0. The molecule has 0 aliphatic rings. The molecule has 0 amide bonds. The molecule has 0 aromatic carbocycles. The second kappa shape index (κ2) is 28.6. The molecule has 0 atom stereocenters. The van der Waals surface area contributed by atoms with Crippen molar-refractivity contribution in [1.82, 2.24) is 4.90 Å². The van der Waals surface area contributed by atoms with Crippen molar-refractivity contribution in [3.63, 3.8) is 0 Å². The molecule has 0 aromatic heterocycles. The Hall–Kier alpha value is -0.440. The van der Waals surface area contributed by atoms with Gasteiger partial charge in [0.25, 0.3) is 0 Å². The maximum Gasteiger partial charge on any atom is 0.0823 e. The molecule has 0 spiro atoms. The summed E-state index contributed by atoms with van der Waals surface area (Å²) in [5, 5.41) is 3.05. The first-order chi connectivity index (χ1) is 15.8. The predicted octanol–water partition coefficient (Wildman–Crippen LogP) is 10.1. The van der Waals surface area contributed by atoms with Gasteiger partial charge in [-0.2, -0.15) is 4.91 Å². The lowest BCUT2D eigenvalue weighted by Crippen LogP contribution is -2.27. The minimum Gasteiger partial charge on any atom is -0.303 e. The smallest absolute Gasteiger partial charge is 0.0823 e. The molecule has 0 aliphatic heterocycles. The summed E-state index contributed by atoms with van der Waals surface area (Å²) in [5.41, 5.74) is 0. The predicted molar refractivity (Wildman–Crippen MR) is 145 cm³/mol. The first kappa shape index (κ1) is 31.6. The lowest BCUT2D eigenvalue weighted by Gasteiger charge is -2.22. The largest absolute Gasteiger partial charge is 0.303 e. The molecule has 0 saturated carbocycles. The van der Waals surface area contributed by atoms with Crippen LogP contribution in [-0.2, 0) is 0 Å². The van der Waals surface area contributed by atoms with Gasteiger partial charge in [0.15, 0.2) is 0 Å². The average molecular weight is 453 g/mol. The van der Waals surface area contributed by atoms with Crippen LogP contribution in [0.15, 0.2) is 5.18 Å². The Bertz CT molecular complexity index is 348. The van der Waals surface area contributed by atoms with E-state index < -0.39 is 0 Å². The van der Waals surface area contributed by atoms with E-state index in [0.29, 0.717) is 6.54 Å². The van der Waals surface area contributed by atoms with Crippen molar-refractivity contribution in [2.75, 3.05) is 26.2 Å². The van der Waals surface area contributed by atoms with Crippen LogP contribution in [0.4, 0.5) is 0 Å². The fourth-order valence-electron chi connectivity index (χ4n) is 4.69. The lowest BCUT2D eigenvalue weighted by molar-refractivity contribution is 0.258. The maximum atomic E-state index is 10.4. The average Bonchev–Trinajstić information content (AvgIpc) is 2.80. The zero-order valence-electron chi connectivity index (χ0n) is 22.4. The summed E-state index contributed by atoms with van der Waals surface area (Å²) >= 11 is 0. The number of rotatable bonds is 28. The van der Waals surface area contributed by atoms with Gasteiger partial charge >= 0.3 is 0 Å². The number of hydrogen-bond acceptors (Lipinski definition) is 3. The molecule has 0 saturated heterocycles. The number of nitroso groups, excluding NO2 is 1. The topological polar surface area (TPSA) is 32.7 Å². The Morgan fingerprint density at radius 2 is 0.688 bits per heavy atom. The van der Waals surface area contributed by atoms with Crippen molar-refractivity contribution >= 4 is 0 Å². The zero-order chi connectivity index (χ0) is 23.4. The maximum absolute atomic E-state index is 10.4. The van der Waals surface area contributed by atoms with Crippen molar-refractivity contribution < 1.29 is 0 Å². The van der Waals surface area contributed by atoms with Gasteiger partial charge in [-0.15, -0.1) is 0 Å². The third-order valence-corrected chi connectivity index (χ3v) is 6.88. The van der Waals surface area contributed by atoms with Crippen LogP contribution < -0.4 is 0 Å². The first-order valence-electron chi connectivity index (χ1n) is 14.9. The molecule has 0 N–H and O–H groups in total. The third-order valence-electron chi connectivity index (χ3n) is 6.88. The normalized spacial score (nSPS) is 11.5. The summed E-state index contributed by atoms with van der Waals surface area (Å²) in [6.45, 7) is 8.55. The van der Waals surface area contributed by atoms with Gasteiger partial charge in [-0.25, -0.2) is 0 Å². The molecule has 0 fully saturated rings. The van der Waals surface area contributed by atoms with Crippen LogP contribution >= 0.6 is 0 Å². The van der Waals surface area contributed by atoms with Crippen molar-refractivity contribution in [1.29, 1.82) is 0 Å². The van der Waals surface area contributed by atoms with Gasteiger partial charge in [-0.3, -0.25) is 0 Å². The van der Waals surface area contributed by atoms with Gasteiger partial charge in [-0.1, -0.05) is 147 Å². The van der Waals surface area contributed by atoms with E-state index in [4.69, 9.17) is 0 Å². The van der Waals surface area contributed by atoms with Crippen molar-refractivity contribution in [3.05, 3.63) is 4.91 Å². The molecule has 192 valence electrons. The van der Waals surface area contributed by atoms with Crippen molar-refractivity contribution in [2.24, 2.45) is 5.18 Å². The first-order valence-corrected chi connectivity index (χ1v) is 14.9. The van der Waals surface area contributed by atoms with Crippen molar-refractivity contribution in [3.8, 4) is 0 Å². The molecule has 0 aromatic rings. The Morgan fingerprint density at radius 1 is 0.406 bits per heavy atom. The Kier molecular flexibility index (Phi) is 28.2. The van der Waals surface area contributed by atoms with Crippen LogP contribution in [0.25, 0.3) is 0 Å². The van der Waals surface area contributed by atoms with Crippen LogP contribution in [-0.4, -0.2) is 31.1 Å². The molecular formula is C29H60N2O. The Morgan fingerprint density at radius 3 is 1.00 bits per heavy atom. The van der Waals surface area contributed by atoms with E-state index in [0.717, 1.165) is 13.0 Å². The van der Waals surface area contributed by atoms with Crippen LogP contribution in [0.2, 0.25) is 0 Å². The summed E-state index contributed by atoms with van der Waals surface area (Å²) < 4.78 is 0. The molecule has 0 aliphatic carbocycles. The van der Waals surface area contributed by atoms with E-state index >= 15 is 0 Å². The van der Waals surface area contributed by atoms with Gasteiger partial charge in [-0.05, 0) is 32.4 Å². The summed E-state index contributed by atoms with van der Waals surface area (Å²) in [5.74, 6) is 0. The molecule has 0 unspecified atom stereocenters. The monoisotopic (exact) mass is 452 g/mol. The molecule has 3 nitrogen and oxygen atoms in total. The molecule has 32 heavy (non-hydrogen) atoms. The molecule has 3 heteroatoms. The van der Waals surface area contributed by atoms with E-state index in [9.17, 15) is 4.91 Å². The van der Waals surface area contributed by atoms with Crippen molar-refractivity contribution in [2.45, 2.75) is 162 Å². The molecule has 0 bridgehead atoms. The standard InChI is InChI=1S/C29H60N2O/c1-3-5-7-9-11-13-15-16-18-20-22-24-28-31(29-25-26-30-32)27-23-21-19-17-14-12-10-8-6-4-2/h3-29H2,1-2H3. The van der Waals surface area contributed by atoms with Crippen LogP contribution in [0.5, 0.6) is 0 Å². The minimum atomic E-state index is 0.479. The van der Waals surface area contributed by atoms with Crippen LogP contribution in [0, 0.1) is 4.91 Å². The summed E-state index contributed by atoms with van der Waals surface area (Å²) in [6.07, 6.45) is 31.9. The highest BCUT2D eigenvalue weighted by atomic mass is 16.3. The molecular weight excluding hydrogens is 392 g/mol. The van der Waals surface area contributed by atoms with E-state index in [-0.39, 0.29) is 0 Å². The second-order valence-electron chi connectivity index (χ2n) is 10.1. The van der Waals surface area contributed by atoms with E-state index in [1.165, 1.54) is 154 Å². The number of hydrogen-bond donors (Lipinski definition) is 0. The molecule has 0 radical (unpaired) electrons. The Labute approximate surface area is 202 Å². The summed E-state index contributed by atoms with van der Waals surface area (Å²) in [7, 11) is 0. The highest BCUT2D eigenvalue weighted by Crippen LogP contribution is 2.13. The minimum absolute atomic E-state index is 0.479. The third kappa shape index (κ3) is 25.8. The van der Waals surface area contributed by atoms with Gasteiger partial charge in [0.2, 0.25) is 0 Å². The van der Waals surface area contributed by atoms with Crippen LogP contribution in [0.3, 0.4) is 0 Å². The van der Waals surface area contributed by atoms with Gasteiger partial charge in [0, 0.05) is 6.54 Å². The Balaban J connectivity index is 3.60. The van der Waals surface area contributed by atoms with Gasteiger partial charge < -0.3 is 4.90 Å². The SMILES string of the molecule is CCCCCCCCCCCCCCN(CCCCCCCCCCCC)CCCN=O. The van der Waals surface area contributed by atoms with E-state index in [2.05, 4.69) is 23.9 Å². The highest BCUT2D eigenvalue weighted by Gasteiger charge is 2.05. The quantitative estimate of drug-likeness (QED) is 0.0873. The summed E-state index contributed by atoms with van der Waals surface area (Å²) in [4.78, 5) is 13.0. The van der Waals surface area contributed by atoms with E-state index in [1.54, 1.807) is 0 Å². The second-order valence-corrected chi connectivity index (χ2v) is 10.1. The van der Waals surface area contributed by atoms with E-state index in [1.807, 2.05) is 0 Å².